The summed E-state index contributed by atoms with van der Waals surface area (Å²) in [7, 11) is 0. The van der Waals surface area contributed by atoms with Crippen LogP contribution in [0.15, 0.2) is 54.0 Å². The Balaban J connectivity index is 1.43. The van der Waals surface area contributed by atoms with Gasteiger partial charge < -0.3 is 20.1 Å². The second-order valence-electron chi connectivity index (χ2n) is 10.1. The number of carbonyl (C=O) groups excluding carboxylic acids is 1. The molecular formula is C28H33FN6O3. The summed E-state index contributed by atoms with van der Waals surface area (Å²) in [5, 5.41) is 16.9. The maximum absolute atomic E-state index is 15.5. The average Bonchev–Trinajstić information content (AvgIpc) is 3.35. The molecule has 0 saturated carbocycles. The van der Waals surface area contributed by atoms with E-state index in [0.717, 1.165) is 48.2 Å². The van der Waals surface area contributed by atoms with Gasteiger partial charge in [-0.05, 0) is 51.2 Å². The number of ketones is 1. The van der Waals surface area contributed by atoms with Gasteiger partial charge in [-0.2, -0.15) is 14.5 Å². The van der Waals surface area contributed by atoms with E-state index >= 15 is 4.39 Å². The quantitative estimate of drug-likeness (QED) is 0.430. The van der Waals surface area contributed by atoms with Crippen LogP contribution in [0.3, 0.4) is 0 Å². The summed E-state index contributed by atoms with van der Waals surface area (Å²) in [6.45, 7) is 9.06. The van der Waals surface area contributed by atoms with E-state index in [2.05, 4.69) is 31.9 Å². The lowest BCUT2D eigenvalue weighted by molar-refractivity contribution is -0.116. The molecule has 1 saturated heterocycles. The number of hydrogen-bond acceptors (Lipinski definition) is 8. The molecule has 38 heavy (non-hydrogen) atoms. The third kappa shape index (κ3) is 5.13. The summed E-state index contributed by atoms with van der Waals surface area (Å²) in [5.74, 6) is -0.309. The Morgan fingerprint density at radius 1 is 1.32 bits per heavy atom. The zero-order valence-corrected chi connectivity index (χ0v) is 21.8. The molecule has 0 amide bonds. The largest absolute Gasteiger partial charge is 0.473 e. The van der Waals surface area contributed by atoms with Crippen molar-refractivity contribution in [1.29, 1.82) is 0 Å². The summed E-state index contributed by atoms with van der Waals surface area (Å²) in [5.41, 5.74) is 4.31. The van der Waals surface area contributed by atoms with E-state index < -0.39 is 5.82 Å². The minimum absolute atomic E-state index is 0.0373. The van der Waals surface area contributed by atoms with Crippen molar-refractivity contribution in [2.75, 3.05) is 31.6 Å². The molecule has 200 valence electrons. The van der Waals surface area contributed by atoms with Crippen LogP contribution in [0.5, 0.6) is 5.88 Å². The van der Waals surface area contributed by atoms with Crippen LogP contribution in [-0.4, -0.2) is 67.7 Å². The number of likely N-dealkylation sites (tertiary alicyclic amines) is 1. The Hall–Kier alpha value is -3.79. The minimum Gasteiger partial charge on any atom is -0.473 e. The number of pyridine rings is 1. The molecule has 1 fully saturated rings. The first-order valence-electron chi connectivity index (χ1n) is 13.0. The Kier molecular flexibility index (Phi) is 7.42. The van der Waals surface area contributed by atoms with Gasteiger partial charge in [0.1, 0.15) is 6.61 Å². The van der Waals surface area contributed by atoms with Crippen LogP contribution in [0.1, 0.15) is 39.5 Å². The van der Waals surface area contributed by atoms with Crippen LogP contribution >= 0.6 is 0 Å². The van der Waals surface area contributed by atoms with Crippen molar-refractivity contribution < 1.29 is 19.0 Å². The highest BCUT2D eigenvalue weighted by atomic mass is 19.1. The Morgan fingerprint density at radius 2 is 2.16 bits per heavy atom. The third-order valence-electron chi connectivity index (χ3n) is 7.38. The maximum atomic E-state index is 15.5. The van der Waals surface area contributed by atoms with Crippen LogP contribution in [0.4, 0.5) is 10.2 Å². The number of allylic oxidation sites excluding steroid dienone is 3. The zero-order valence-electron chi connectivity index (χ0n) is 21.8. The Labute approximate surface area is 221 Å². The number of anilines is 1. The number of carbonyl (C=O) groups is 1. The molecule has 3 aromatic rings. The van der Waals surface area contributed by atoms with E-state index in [1.54, 1.807) is 10.7 Å². The zero-order chi connectivity index (χ0) is 26.8. The van der Waals surface area contributed by atoms with E-state index in [1.807, 2.05) is 38.2 Å². The first-order chi connectivity index (χ1) is 18.4. The normalized spacial score (nSPS) is 20.2. The predicted octanol–water partition coefficient (Wildman–Crippen LogP) is 4.01. The Bertz CT molecular complexity index is 1400. The van der Waals surface area contributed by atoms with Crippen molar-refractivity contribution in [3.63, 3.8) is 0 Å². The van der Waals surface area contributed by atoms with Gasteiger partial charge in [-0.15, -0.1) is 0 Å². The molecule has 9 nitrogen and oxygen atoms in total. The van der Waals surface area contributed by atoms with E-state index in [9.17, 15) is 9.90 Å². The van der Waals surface area contributed by atoms with Gasteiger partial charge in [0.05, 0.1) is 23.9 Å². The summed E-state index contributed by atoms with van der Waals surface area (Å²) < 4.78 is 22.6. The summed E-state index contributed by atoms with van der Waals surface area (Å²) in [4.78, 5) is 23.8. The molecule has 2 aliphatic rings. The fraction of sp³-hybridized carbons (Fsp3) is 0.429. The van der Waals surface area contributed by atoms with Gasteiger partial charge in [0.15, 0.2) is 17.4 Å². The first kappa shape index (κ1) is 25.8. The van der Waals surface area contributed by atoms with Crippen LogP contribution in [0, 0.1) is 11.7 Å². The highest BCUT2D eigenvalue weighted by Gasteiger charge is 2.31. The Morgan fingerprint density at radius 3 is 2.95 bits per heavy atom. The lowest BCUT2D eigenvalue weighted by Gasteiger charge is -2.40. The minimum atomic E-state index is -0.707. The first-order valence-corrected chi connectivity index (χ1v) is 13.0. The highest BCUT2D eigenvalue weighted by molar-refractivity contribution is 5.96. The second kappa shape index (κ2) is 10.9. The fourth-order valence-corrected chi connectivity index (χ4v) is 5.23. The molecule has 1 unspecified atom stereocenters. The number of nitrogens with one attached hydrogen (secondary N) is 1. The molecule has 5 rings (SSSR count). The molecule has 3 aromatic heterocycles. The number of nitrogens with zero attached hydrogens (tertiary/aromatic N) is 5. The van der Waals surface area contributed by atoms with Crippen LogP contribution in [0.2, 0.25) is 0 Å². The molecule has 10 heteroatoms. The number of Topliss-reactive ketones (excluding diaryl/α,β-unsaturated/α-hetero) is 1. The SMILES string of the molecule is C=C(C)C1CC(=O)C(C)=C(N2CCC[C@@H](Nc3nc(-c4cnn5ccccc45)nc(OCCO)c3F)C2)C1. The number of piperidine rings is 1. The number of halogens is 1. The average molecular weight is 521 g/mol. The lowest BCUT2D eigenvalue weighted by Crippen LogP contribution is -2.43. The molecular weight excluding hydrogens is 487 g/mol. The lowest BCUT2D eigenvalue weighted by atomic mass is 9.82. The number of fused-ring (bicyclic) bond motifs is 1. The van der Waals surface area contributed by atoms with Crippen molar-refractivity contribution in [2.45, 2.75) is 45.6 Å². The summed E-state index contributed by atoms with van der Waals surface area (Å²) >= 11 is 0. The molecule has 2 N–H and O–H groups in total. The van der Waals surface area contributed by atoms with Gasteiger partial charge in [-0.1, -0.05) is 18.2 Å². The standard InChI is InChI=1S/C28H33FN6O3/c1-17(2)19-13-23(18(3)24(37)14-19)34-9-6-7-20(16-34)31-27-25(29)28(38-12-11-36)33-26(32-27)21-15-30-35-10-5-4-8-22(21)35/h4-5,8,10,15,19-20,36H,1,6-7,9,11-14,16H2,2-3H3,(H,31,32,33)/t19?,20-/m1/s1. The number of aliphatic hydroxyl groups is 1. The van der Waals surface area contributed by atoms with Crippen LogP contribution < -0.4 is 10.1 Å². The number of aromatic nitrogens is 4. The molecule has 1 aliphatic carbocycles. The maximum Gasteiger partial charge on any atom is 0.256 e. The van der Waals surface area contributed by atoms with Crippen molar-refractivity contribution >= 4 is 17.1 Å². The highest BCUT2D eigenvalue weighted by Crippen LogP contribution is 2.35. The second-order valence-corrected chi connectivity index (χ2v) is 10.1. The van der Waals surface area contributed by atoms with Crippen molar-refractivity contribution in [3.8, 4) is 17.3 Å². The number of ether oxygens (including phenoxy) is 1. The summed E-state index contributed by atoms with van der Waals surface area (Å²) in [6, 6.07) is 5.53. The number of hydrogen-bond donors (Lipinski definition) is 2. The van der Waals surface area contributed by atoms with Gasteiger partial charge in [-0.25, -0.2) is 9.50 Å². The number of aliphatic hydroxyl groups excluding tert-OH is 1. The van der Waals surface area contributed by atoms with Crippen molar-refractivity contribution in [3.05, 3.63) is 59.8 Å². The smallest absolute Gasteiger partial charge is 0.256 e. The van der Waals surface area contributed by atoms with E-state index in [4.69, 9.17) is 4.74 Å². The number of rotatable bonds is 8. The van der Waals surface area contributed by atoms with Gasteiger partial charge in [-0.3, -0.25) is 4.79 Å². The van der Waals surface area contributed by atoms with E-state index in [-0.39, 0.29) is 48.5 Å². The molecule has 0 aromatic carbocycles. The molecule has 0 spiro atoms. The van der Waals surface area contributed by atoms with Gasteiger partial charge in [0.25, 0.3) is 5.88 Å². The molecule has 1 aliphatic heterocycles. The molecule has 0 radical (unpaired) electrons. The molecule has 0 bridgehead atoms. The van der Waals surface area contributed by atoms with Crippen molar-refractivity contribution in [2.24, 2.45) is 5.92 Å². The molecule has 4 heterocycles. The van der Waals surface area contributed by atoms with Crippen molar-refractivity contribution in [1.82, 2.24) is 24.5 Å². The molecule has 2 atom stereocenters. The third-order valence-corrected chi connectivity index (χ3v) is 7.38. The predicted molar refractivity (Wildman–Crippen MR) is 142 cm³/mol. The summed E-state index contributed by atoms with van der Waals surface area (Å²) in [6.07, 6.45) is 6.46. The van der Waals surface area contributed by atoms with Crippen LogP contribution in [0.25, 0.3) is 16.9 Å². The van der Waals surface area contributed by atoms with E-state index in [1.165, 1.54) is 0 Å². The fourth-order valence-electron chi connectivity index (χ4n) is 5.23. The monoisotopic (exact) mass is 520 g/mol. The van der Waals surface area contributed by atoms with Gasteiger partial charge in [0, 0.05) is 43.0 Å². The topological polar surface area (TPSA) is 105 Å². The van der Waals surface area contributed by atoms with Gasteiger partial charge in [0.2, 0.25) is 5.82 Å². The van der Waals surface area contributed by atoms with Crippen LogP contribution in [-0.2, 0) is 4.79 Å². The van der Waals surface area contributed by atoms with E-state index in [0.29, 0.717) is 18.5 Å². The van der Waals surface area contributed by atoms with Gasteiger partial charge >= 0.3 is 0 Å².